The molecule has 2 nitrogen and oxygen atoms in total. The maximum absolute atomic E-state index is 4.63. The van der Waals surface area contributed by atoms with E-state index in [0.717, 1.165) is 5.56 Å². The number of hydrogen-bond acceptors (Lipinski definition) is 2. The molecule has 16 heavy (non-hydrogen) atoms. The maximum Gasteiger partial charge on any atom is 0.106 e. The van der Waals surface area contributed by atoms with Gasteiger partial charge < -0.3 is 4.84 Å². The van der Waals surface area contributed by atoms with Gasteiger partial charge in [-0.2, -0.15) is 0 Å². The first-order chi connectivity index (χ1) is 7.90. The van der Waals surface area contributed by atoms with Crippen molar-refractivity contribution in [2.24, 2.45) is 5.16 Å². The molecule has 2 rings (SSSR count). The predicted molar refractivity (Wildman–Crippen MR) is 66.5 cm³/mol. The molecule has 0 atom stereocenters. The van der Waals surface area contributed by atoms with Crippen LogP contribution >= 0.6 is 0 Å². The third-order valence-corrected chi connectivity index (χ3v) is 2.32. The lowest BCUT2D eigenvalue weighted by atomic mass is 10.0. The first kappa shape index (κ1) is 10.4. The molecule has 2 heteroatoms. The Morgan fingerprint density at radius 3 is 2.12 bits per heavy atom. The van der Waals surface area contributed by atoms with Gasteiger partial charge in [-0.1, -0.05) is 59.8 Å². The number of hydrogen-bond donors (Lipinski definition) is 0. The minimum absolute atomic E-state index is 1.03. The highest BCUT2D eigenvalue weighted by atomic mass is 16.6. The van der Waals surface area contributed by atoms with Crippen LogP contribution < -0.4 is 0 Å². The highest BCUT2D eigenvalue weighted by molar-refractivity contribution is 5.80. The molecule has 0 aromatic heterocycles. The summed E-state index contributed by atoms with van der Waals surface area (Å²) in [6.45, 7) is 0. The summed E-state index contributed by atoms with van der Waals surface area (Å²) < 4.78 is 0. The van der Waals surface area contributed by atoms with E-state index in [1.165, 1.54) is 18.2 Å². The van der Waals surface area contributed by atoms with Crippen LogP contribution in [0.1, 0.15) is 5.56 Å². The molecule has 0 fully saturated rings. The zero-order chi connectivity index (χ0) is 11.2. The van der Waals surface area contributed by atoms with Crippen molar-refractivity contribution in [3.63, 3.8) is 0 Å². The highest BCUT2D eigenvalue weighted by Gasteiger charge is 1.95. The Labute approximate surface area is 95.2 Å². The lowest BCUT2D eigenvalue weighted by molar-refractivity contribution is 0.215. The number of benzene rings is 2. The quantitative estimate of drug-likeness (QED) is 0.563. The van der Waals surface area contributed by atoms with Crippen molar-refractivity contribution in [3.05, 3.63) is 60.2 Å². The molecular formula is C14H13NO. The molecule has 80 valence electrons. The van der Waals surface area contributed by atoms with E-state index in [0.29, 0.717) is 0 Å². The third kappa shape index (κ3) is 2.48. The van der Waals surface area contributed by atoms with E-state index in [2.05, 4.69) is 34.3 Å². The second-order valence-electron chi connectivity index (χ2n) is 3.41. The van der Waals surface area contributed by atoms with Crippen molar-refractivity contribution in [1.82, 2.24) is 0 Å². The third-order valence-electron chi connectivity index (χ3n) is 2.32. The van der Waals surface area contributed by atoms with Crippen LogP contribution in [-0.2, 0) is 4.84 Å². The van der Waals surface area contributed by atoms with E-state index in [1.807, 2.05) is 30.3 Å². The molecule has 0 heterocycles. The van der Waals surface area contributed by atoms with Crippen LogP contribution in [0, 0.1) is 0 Å². The molecule has 0 aliphatic heterocycles. The molecule has 0 aliphatic rings. The lowest BCUT2D eigenvalue weighted by Crippen LogP contribution is -1.82. The fourth-order valence-corrected chi connectivity index (χ4v) is 1.51. The van der Waals surface area contributed by atoms with E-state index in [4.69, 9.17) is 0 Å². The Bertz CT molecular complexity index is 460. The SMILES string of the molecule is CON=Cc1ccc(-c2ccccc2)cc1. The van der Waals surface area contributed by atoms with Crippen molar-refractivity contribution in [1.29, 1.82) is 0 Å². The van der Waals surface area contributed by atoms with E-state index < -0.39 is 0 Å². The Hall–Kier alpha value is -2.09. The summed E-state index contributed by atoms with van der Waals surface area (Å²) in [6.07, 6.45) is 1.69. The topological polar surface area (TPSA) is 21.6 Å². The summed E-state index contributed by atoms with van der Waals surface area (Å²) in [4.78, 5) is 4.63. The van der Waals surface area contributed by atoms with Gasteiger partial charge in [0, 0.05) is 0 Å². The largest absolute Gasteiger partial charge is 0.399 e. The molecular weight excluding hydrogens is 198 g/mol. The van der Waals surface area contributed by atoms with Crippen LogP contribution in [-0.4, -0.2) is 13.3 Å². The first-order valence-corrected chi connectivity index (χ1v) is 5.12. The fraction of sp³-hybridized carbons (Fsp3) is 0.0714. The standard InChI is InChI=1S/C14H13NO/c1-16-15-11-12-7-9-14(10-8-12)13-5-3-2-4-6-13/h2-11H,1H3. The molecule has 0 bridgehead atoms. The van der Waals surface area contributed by atoms with Gasteiger partial charge in [-0.05, 0) is 16.7 Å². The molecule has 0 saturated heterocycles. The van der Waals surface area contributed by atoms with E-state index >= 15 is 0 Å². The Morgan fingerprint density at radius 1 is 0.875 bits per heavy atom. The van der Waals surface area contributed by atoms with Crippen LogP contribution in [0.4, 0.5) is 0 Å². The molecule has 0 unspecified atom stereocenters. The van der Waals surface area contributed by atoms with Gasteiger partial charge in [-0.3, -0.25) is 0 Å². The van der Waals surface area contributed by atoms with Crippen LogP contribution in [0.5, 0.6) is 0 Å². The minimum atomic E-state index is 1.03. The maximum atomic E-state index is 4.63. The molecule has 0 saturated carbocycles. The van der Waals surface area contributed by atoms with Gasteiger partial charge in [-0.25, -0.2) is 0 Å². The highest BCUT2D eigenvalue weighted by Crippen LogP contribution is 2.18. The van der Waals surface area contributed by atoms with Crippen molar-refractivity contribution < 1.29 is 4.84 Å². The molecule has 0 N–H and O–H groups in total. The monoisotopic (exact) mass is 211 g/mol. The number of rotatable bonds is 3. The summed E-state index contributed by atoms with van der Waals surface area (Å²) in [5.41, 5.74) is 3.45. The molecule has 0 radical (unpaired) electrons. The number of oxime groups is 1. The normalized spacial score (nSPS) is 10.6. The van der Waals surface area contributed by atoms with E-state index in [9.17, 15) is 0 Å². The molecule has 0 amide bonds. The van der Waals surface area contributed by atoms with Crippen LogP contribution in [0.2, 0.25) is 0 Å². The van der Waals surface area contributed by atoms with Crippen molar-refractivity contribution in [2.75, 3.05) is 7.11 Å². The summed E-state index contributed by atoms with van der Waals surface area (Å²) >= 11 is 0. The average molecular weight is 211 g/mol. The van der Waals surface area contributed by atoms with Crippen LogP contribution in [0.3, 0.4) is 0 Å². The zero-order valence-electron chi connectivity index (χ0n) is 9.13. The van der Waals surface area contributed by atoms with E-state index in [-0.39, 0.29) is 0 Å². The summed E-state index contributed by atoms with van der Waals surface area (Å²) in [6, 6.07) is 18.5. The van der Waals surface area contributed by atoms with Gasteiger partial charge in [0.25, 0.3) is 0 Å². The van der Waals surface area contributed by atoms with E-state index in [1.54, 1.807) is 6.21 Å². The number of nitrogens with zero attached hydrogens (tertiary/aromatic N) is 1. The van der Waals surface area contributed by atoms with Gasteiger partial charge in [-0.15, -0.1) is 0 Å². The summed E-state index contributed by atoms with van der Waals surface area (Å²) in [7, 11) is 1.54. The van der Waals surface area contributed by atoms with Crippen molar-refractivity contribution in [3.8, 4) is 11.1 Å². The van der Waals surface area contributed by atoms with Gasteiger partial charge in [0.1, 0.15) is 7.11 Å². The van der Waals surface area contributed by atoms with Gasteiger partial charge in [0.15, 0.2) is 0 Å². The van der Waals surface area contributed by atoms with Crippen LogP contribution in [0.15, 0.2) is 59.8 Å². The molecule has 2 aromatic carbocycles. The van der Waals surface area contributed by atoms with Gasteiger partial charge >= 0.3 is 0 Å². The summed E-state index contributed by atoms with van der Waals surface area (Å²) in [5, 5.41) is 3.72. The zero-order valence-corrected chi connectivity index (χ0v) is 9.13. The fourth-order valence-electron chi connectivity index (χ4n) is 1.51. The second kappa shape index (κ2) is 5.12. The molecule has 0 spiro atoms. The predicted octanol–water partition coefficient (Wildman–Crippen LogP) is 3.33. The van der Waals surface area contributed by atoms with Crippen LogP contribution in [0.25, 0.3) is 11.1 Å². The van der Waals surface area contributed by atoms with Gasteiger partial charge in [0.2, 0.25) is 0 Å². The smallest absolute Gasteiger partial charge is 0.106 e. The average Bonchev–Trinajstić information content (AvgIpc) is 2.38. The van der Waals surface area contributed by atoms with Gasteiger partial charge in [0.05, 0.1) is 6.21 Å². The summed E-state index contributed by atoms with van der Waals surface area (Å²) in [5.74, 6) is 0. The lowest BCUT2D eigenvalue weighted by Gasteiger charge is -2.01. The Kier molecular flexibility index (Phi) is 3.34. The Balaban J connectivity index is 2.23. The van der Waals surface area contributed by atoms with Crippen molar-refractivity contribution in [2.45, 2.75) is 0 Å². The van der Waals surface area contributed by atoms with Crippen molar-refractivity contribution >= 4 is 6.21 Å². The second-order valence-corrected chi connectivity index (χ2v) is 3.41. The Morgan fingerprint density at radius 2 is 1.50 bits per heavy atom. The minimum Gasteiger partial charge on any atom is -0.399 e. The molecule has 2 aromatic rings. The molecule has 0 aliphatic carbocycles. The first-order valence-electron chi connectivity index (χ1n) is 5.12.